The van der Waals surface area contributed by atoms with Gasteiger partial charge in [0, 0.05) is 17.7 Å². The number of pyridine rings is 1. The van der Waals surface area contributed by atoms with E-state index in [1.165, 1.54) is 23.2 Å². The first-order valence-electron chi connectivity index (χ1n) is 10.2. The summed E-state index contributed by atoms with van der Waals surface area (Å²) in [7, 11) is 0. The molecule has 166 valence electrons. The molecule has 0 unspecified atom stereocenters. The number of fused-ring (bicyclic) bond motifs is 1. The number of ether oxygens (including phenoxy) is 1. The summed E-state index contributed by atoms with van der Waals surface area (Å²) in [6.07, 6.45) is 2.59. The zero-order valence-electron chi connectivity index (χ0n) is 17.5. The molecule has 1 N–H and O–H groups in total. The van der Waals surface area contributed by atoms with E-state index in [-0.39, 0.29) is 17.1 Å². The summed E-state index contributed by atoms with van der Waals surface area (Å²) in [5, 5.41) is 13.7. The highest BCUT2D eigenvalue weighted by molar-refractivity contribution is 6.32. The second kappa shape index (κ2) is 8.47. The number of anilines is 1. The average molecular weight is 452 g/mol. The molecule has 9 nitrogen and oxygen atoms in total. The quantitative estimate of drug-likeness (QED) is 0.208. The Labute approximate surface area is 193 Å². The van der Waals surface area contributed by atoms with Gasteiger partial charge in [-0.15, -0.1) is 0 Å². The monoisotopic (exact) mass is 452 g/mol. The van der Waals surface area contributed by atoms with Crippen LogP contribution in [0.15, 0.2) is 90.6 Å². The maximum absolute atomic E-state index is 13.1. The average Bonchev–Trinajstić information content (AvgIpc) is 3.14. The van der Waals surface area contributed by atoms with Crippen LogP contribution in [-0.2, 0) is 9.59 Å². The van der Waals surface area contributed by atoms with E-state index in [1.54, 1.807) is 30.3 Å². The SMILES string of the molecule is O=C1NN(c2ccccc2)C(=O)C1=Cc1c(Oc2ccc([N+](=O)[O-])cn2)ccc2ccccc12. The fraction of sp³-hybridized carbons (Fsp3) is 0. The largest absolute Gasteiger partial charge is 0.438 e. The topological polar surface area (TPSA) is 115 Å². The van der Waals surface area contributed by atoms with Crippen molar-refractivity contribution in [1.29, 1.82) is 0 Å². The summed E-state index contributed by atoms with van der Waals surface area (Å²) in [5.41, 5.74) is 3.41. The van der Waals surface area contributed by atoms with Gasteiger partial charge in [0.1, 0.15) is 17.5 Å². The van der Waals surface area contributed by atoms with Crippen molar-refractivity contribution >= 4 is 40.0 Å². The van der Waals surface area contributed by atoms with Crippen LogP contribution in [0.4, 0.5) is 11.4 Å². The molecule has 0 spiro atoms. The second-order valence-corrected chi connectivity index (χ2v) is 7.39. The Morgan fingerprint density at radius 2 is 1.71 bits per heavy atom. The van der Waals surface area contributed by atoms with Crippen molar-refractivity contribution in [1.82, 2.24) is 10.4 Å². The van der Waals surface area contributed by atoms with Gasteiger partial charge in [0.15, 0.2) is 0 Å². The van der Waals surface area contributed by atoms with Gasteiger partial charge in [0.05, 0.1) is 10.6 Å². The van der Waals surface area contributed by atoms with Gasteiger partial charge in [0.2, 0.25) is 5.88 Å². The Morgan fingerprint density at radius 3 is 2.44 bits per heavy atom. The Bertz CT molecular complexity index is 1470. The molecule has 3 aromatic carbocycles. The summed E-state index contributed by atoms with van der Waals surface area (Å²) < 4.78 is 5.91. The van der Waals surface area contributed by atoms with E-state index in [0.717, 1.165) is 17.0 Å². The third kappa shape index (κ3) is 3.82. The molecule has 1 aromatic heterocycles. The molecular weight excluding hydrogens is 436 g/mol. The van der Waals surface area contributed by atoms with Gasteiger partial charge in [-0.25, -0.2) is 9.99 Å². The predicted octanol–water partition coefficient (Wildman–Crippen LogP) is 4.40. The molecule has 5 rings (SSSR count). The first-order valence-corrected chi connectivity index (χ1v) is 10.2. The third-order valence-electron chi connectivity index (χ3n) is 5.27. The lowest BCUT2D eigenvalue weighted by atomic mass is 10.0. The highest BCUT2D eigenvalue weighted by atomic mass is 16.6. The molecular formula is C25H16N4O5. The number of rotatable bonds is 5. The van der Waals surface area contributed by atoms with Gasteiger partial charge in [-0.1, -0.05) is 48.5 Å². The number of carbonyl (C=O) groups excluding carboxylic acids is 2. The summed E-state index contributed by atoms with van der Waals surface area (Å²) >= 11 is 0. The van der Waals surface area contributed by atoms with E-state index in [1.807, 2.05) is 36.4 Å². The smallest absolute Gasteiger partial charge is 0.287 e. The molecule has 34 heavy (non-hydrogen) atoms. The van der Waals surface area contributed by atoms with Crippen molar-refractivity contribution < 1.29 is 19.2 Å². The van der Waals surface area contributed by atoms with Crippen molar-refractivity contribution in [3.63, 3.8) is 0 Å². The van der Waals surface area contributed by atoms with Crippen LogP contribution in [0.2, 0.25) is 0 Å². The first kappa shape index (κ1) is 20.8. The molecule has 1 saturated heterocycles. The normalized spacial score (nSPS) is 14.5. The maximum Gasteiger partial charge on any atom is 0.287 e. The molecule has 0 bridgehead atoms. The number of nitro groups is 1. The number of nitrogens with one attached hydrogen (secondary N) is 1. The zero-order chi connectivity index (χ0) is 23.7. The van der Waals surface area contributed by atoms with Crippen molar-refractivity contribution in [3.05, 3.63) is 106 Å². The second-order valence-electron chi connectivity index (χ2n) is 7.39. The molecule has 0 atom stereocenters. The number of benzene rings is 3. The molecule has 4 aromatic rings. The number of nitrogens with zero attached hydrogens (tertiary/aromatic N) is 3. The molecule has 0 radical (unpaired) electrons. The lowest BCUT2D eigenvalue weighted by Crippen LogP contribution is -2.35. The minimum absolute atomic E-state index is 0.0540. The van der Waals surface area contributed by atoms with Crippen LogP contribution in [0.1, 0.15) is 5.56 Å². The lowest BCUT2D eigenvalue weighted by Gasteiger charge is -2.14. The van der Waals surface area contributed by atoms with Crippen molar-refractivity contribution in [2.24, 2.45) is 0 Å². The van der Waals surface area contributed by atoms with Gasteiger partial charge in [-0.3, -0.25) is 25.1 Å². The third-order valence-corrected chi connectivity index (χ3v) is 5.27. The number of aromatic nitrogens is 1. The standard InChI is InChI=1S/C25H16N4O5/c30-24-21(25(31)28(27-24)17-7-2-1-3-8-17)14-20-19-9-5-4-6-16(19)10-12-22(20)34-23-13-11-18(15-26-23)29(32)33/h1-15H,(H,27,30). The van der Waals surface area contributed by atoms with E-state index in [0.29, 0.717) is 17.0 Å². The number of carbonyl (C=O) groups is 2. The Balaban J connectivity index is 1.58. The molecule has 0 saturated carbocycles. The van der Waals surface area contributed by atoms with Crippen LogP contribution in [-0.4, -0.2) is 21.7 Å². The van der Waals surface area contributed by atoms with Gasteiger partial charge >= 0.3 is 0 Å². The molecule has 2 amide bonds. The molecule has 9 heteroatoms. The van der Waals surface area contributed by atoms with E-state index < -0.39 is 16.7 Å². The molecule has 2 heterocycles. The fourth-order valence-corrected chi connectivity index (χ4v) is 3.63. The maximum atomic E-state index is 13.1. The van der Waals surface area contributed by atoms with Crippen molar-refractivity contribution in [3.8, 4) is 11.6 Å². The number of hydrogen-bond donors (Lipinski definition) is 1. The number of para-hydroxylation sites is 1. The van der Waals surface area contributed by atoms with Crippen molar-refractivity contribution in [2.45, 2.75) is 0 Å². The molecule has 1 aliphatic heterocycles. The summed E-state index contributed by atoms with van der Waals surface area (Å²) in [5.74, 6) is -0.565. The first-order chi connectivity index (χ1) is 16.5. The number of hydrazine groups is 1. The predicted molar refractivity (Wildman–Crippen MR) is 125 cm³/mol. The van der Waals surface area contributed by atoms with Crippen molar-refractivity contribution in [2.75, 3.05) is 5.01 Å². The summed E-state index contributed by atoms with van der Waals surface area (Å²) in [6, 6.07) is 22.5. The van der Waals surface area contributed by atoms with Crippen LogP contribution in [0.3, 0.4) is 0 Å². The minimum atomic E-state index is -0.550. The van der Waals surface area contributed by atoms with Gasteiger partial charge in [0.25, 0.3) is 17.5 Å². The molecule has 0 aliphatic carbocycles. The summed E-state index contributed by atoms with van der Waals surface area (Å²) in [6.45, 7) is 0. The van der Waals surface area contributed by atoms with Gasteiger partial charge in [-0.2, -0.15) is 0 Å². The van der Waals surface area contributed by atoms with Gasteiger partial charge < -0.3 is 4.74 Å². The Hall–Kier alpha value is -5.05. The van der Waals surface area contributed by atoms with E-state index in [2.05, 4.69) is 10.4 Å². The van der Waals surface area contributed by atoms with E-state index in [4.69, 9.17) is 4.74 Å². The number of hydrogen-bond acceptors (Lipinski definition) is 6. The van der Waals surface area contributed by atoms with E-state index in [9.17, 15) is 19.7 Å². The van der Waals surface area contributed by atoms with Gasteiger partial charge in [-0.05, 0) is 35.0 Å². The lowest BCUT2D eigenvalue weighted by molar-refractivity contribution is -0.385. The zero-order valence-corrected chi connectivity index (χ0v) is 17.5. The molecule has 1 fully saturated rings. The fourth-order valence-electron chi connectivity index (χ4n) is 3.63. The highest BCUT2D eigenvalue weighted by Crippen LogP contribution is 2.34. The number of amides is 2. The Kier molecular flexibility index (Phi) is 5.19. The van der Waals surface area contributed by atoms with Crippen LogP contribution in [0.25, 0.3) is 16.8 Å². The van der Waals surface area contributed by atoms with Crippen LogP contribution >= 0.6 is 0 Å². The van der Waals surface area contributed by atoms with Crippen LogP contribution in [0, 0.1) is 10.1 Å². The highest BCUT2D eigenvalue weighted by Gasteiger charge is 2.34. The molecule has 1 aliphatic rings. The Morgan fingerprint density at radius 1 is 0.941 bits per heavy atom. The summed E-state index contributed by atoms with van der Waals surface area (Å²) in [4.78, 5) is 40.1. The van der Waals surface area contributed by atoms with Crippen LogP contribution in [0.5, 0.6) is 11.6 Å². The van der Waals surface area contributed by atoms with E-state index >= 15 is 0 Å². The van der Waals surface area contributed by atoms with Crippen LogP contribution < -0.4 is 15.2 Å². The minimum Gasteiger partial charge on any atom is -0.438 e.